The second kappa shape index (κ2) is 6.53. The van der Waals surface area contributed by atoms with Gasteiger partial charge in [0.2, 0.25) is 0 Å². The Morgan fingerprint density at radius 2 is 1.71 bits per heavy atom. The molecule has 0 saturated carbocycles. The fourth-order valence-corrected chi connectivity index (χ4v) is 1.95. The van der Waals surface area contributed by atoms with Gasteiger partial charge in [0, 0.05) is 17.8 Å². The van der Waals surface area contributed by atoms with Crippen molar-refractivity contribution in [2.75, 3.05) is 0 Å². The molecule has 0 radical (unpaired) electrons. The average Bonchev–Trinajstić information content (AvgIpc) is 3.02. The standard InChI is InChI=1S/C18H14N2O/c1-2-8-15(9-3-1)18-14-17(21-20-18)12-5-4-10-16-11-6-7-13-19-16/h1-3,6-9,11,13-14H,10,12H2. The number of hydrogen-bond donors (Lipinski definition) is 0. The molecule has 0 aliphatic carbocycles. The lowest BCUT2D eigenvalue weighted by atomic mass is 10.1. The molecule has 0 N–H and O–H groups in total. The van der Waals surface area contributed by atoms with Crippen LogP contribution in [0.2, 0.25) is 0 Å². The van der Waals surface area contributed by atoms with Crippen molar-refractivity contribution in [2.45, 2.75) is 12.8 Å². The van der Waals surface area contributed by atoms with Crippen molar-refractivity contribution in [3.63, 3.8) is 0 Å². The molecule has 3 nitrogen and oxygen atoms in total. The third kappa shape index (κ3) is 3.58. The van der Waals surface area contributed by atoms with Crippen LogP contribution in [0.1, 0.15) is 11.5 Å². The van der Waals surface area contributed by atoms with Crippen LogP contribution in [0, 0.1) is 11.8 Å². The summed E-state index contributed by atoms with van der Waals surface area (Å²) in [7, 11) is 0. The molecule has 3 aromatic rings. The van der Waals surface area contributed by atoms with Crippen molar-refractivity contribution in [1.29, 1.82) is 0 Å². The molecule has 0 spiro atoms. The number of rotatable bonds is 3. The van der Waals surface area contributed by atoms with Crippen LogP contribution in [0.5, 0.6) is 0 Å². The quantitative estimate of drug-likeness (QED) is 0.686. The van der Waals surface area contributed by atoms with Gasteiger partial charge in [-0.1, -0.05) is 53.4 Å². The van der Waals surface area contributed by atoms with E-state index < -0.39 is 0 Å². The number of hydrogen-bond acceptors (Lipinski definition) is 3. The van der Waals surface area contributed by atoms with Gasteiger partial charge in [-0.05, 0) is 12.1 Å². The molecule has 0 aliphatic heterocycles. The fraction of sp³-hybridized carbons (Fsp3) is 0.111. The Kier molecular flexibility index (Phi) is 4.09. The third-order valence-corrected chi connectivity index (χ3v) is 3.01. The van der Waals surface area contributed by atoms with Crippen LogP contribution >= 0.6 is 0 Å². The monoisotopic (exact) mass is 274 g/mol. The first kappa shape index (κ1) is 13.1. The summed E-state index contributed by atoms with van der Waals surface area (Å²) in [6.45, 7) is 0. The van der Waals surface area contributed by atoms with Gasteiger partial charge in [-0.3, -0.25) is 4.98 Å². The van der Waals surface area contributed by atoms with E-state index in [0.29, 0.717) is 12.8 Å². The molecule has 0 bridgehead atoms. The molecule has 0 unspecified atom stereocenters. The minimum atomic E-state index is 0.562. The molecule has 0 atom stereocenters. The molecule has 0 fully saturated rings. The second-order valence-electron chi connectivity index (χ2n) is 4.57. The normalized spacial score (nSPS) is 9.90. The van der Waals surface area contributed by atoms with Crippen molar-refractivity contribution >= 4 is 0 Å². The van der Waals surface area contributed by atoms with Gasteiger partial charge in [0.15, 0.2) is 0 Å². The van der Waals surface area contributed by atoms with Gasteiger partial charge in [0.25, 0.3) is 0 Å². The molecular formula is C18H14N2O. The molecule has 2 aromatic heterocycles. The Morgan fingerprint density at radius 1 is 0.905 bits per heavy atom. The maximum absolute atomic E-state index is 5.30. The van der Waals surface area contributed by atoms with E-state index in [0.717, 1.165) is 22.7 Å². The maximum Gasteiger partial charge on any atom is 0.149 e. The van der Waals surface area contributed by atoms with E-state index in [1.165, 1.54) is 0 Å². The van der Waals surface area contributed by atoms with E-state index >= 15 is 0 Å². The summed E-state index contributed by atoms with van der Waals surface area (Å²) in [6, 6.07) is 17.7. The summed E-state index contributed by atoms with van der Waals surface area (Å²) >= 11 is 0. The van der Waals surface area contributed by atoms with Gasteiger partial charge in [-0.25, -0.2) is 0 Å². The van der Waals surface area contributed by atoms with E-state index in [4.69, 9.17) is 4.52 Å². The summed E-state index contributed by atoms with van der Waals surface area (Å²) in [5.74, 6) is 6.97. The first-order chi connectivity index (χ1) is 10.4. The van der Waals surface area contributed by atoms with Gasteiger partial charge in [-0.2, -0.15) is 0 Å². The number of aromatic nitrogens is 2. The zero-order valence-corrected chi connectivity index (χ0v) is 11.5. The Labute approximate surface area is 123 Å². The maximum atomic E-state index is 5.30. The number of benzene rings is 1. The molecule has 0 saturated heterocycles. The lowest BCUT2D eigenvalue weighted by Gasteiger charge is -1.91. The summed E-state index contributed by atoms with van der Waals surface area (Å²) in [5, 5.41) is 4.07. The molecule has 0 aliphatic rings. The molecule has 21 heavy (non-hydrogen) atoms. The van der Waals surface area contributed by atoms with E-state index in [2.05, 4.69) is 22.0 Å². The third-order valence-electron chi connectivity index (χ3n) is 3.01. The van der Waals surface area contributed by atoms with Crippen LogP contribution < -0.4 is 0 Å². The lowest BCUT2D eigenvalue weighted by Crippen LogP contribution is -1.85. The number of pyridine rings is 1. The van der Waals surface area contributed by atoms with E-state index in [1.807, 2.05) is 54.6 Å². The Hall–Kier alpha value is -2.86. The first-order valence-corrected chi connectivity index (χ1v) is 6.78. The lowest BCUT2D eigenvalue weighted by molar-refractivity contribution is 0.394. The predicted octanol–water partition coefficient (Wildman–Crippen LogP) is 3.53. The zero-order chi connectivity index (χ0) is 14.3. The molecular weight excluding hydrogens is 260 g/mol. The Morgan fingerprint density at radius 3 is 2.52 bits per heavy atom. The summed E-state index contributed by atoms with van der Waals surface area (Å²) in [6.07, 6.45) is 2.99. The first-order valence-electron chi connectivity index (χ1n) is 6.78. The Balaban J connectivity index is 1.61. The predicted molar refractivity (Wildman–Crippen MR) is 81.4 cm³/mol. The van der Waals surface area contributed by atoms with Crippen LogP contribution in [0.15, 0.2) is 65.3 Å². The minimum absolute atomic E-state index is 0.562. The summed E-state index contributed by atoms with van der Waals surface area (Å²) in [4.78, 5) is 4.23. The summed E-state index contributed by atoms with van der Waals surface area (Å²) in [5.41, 5.74) is 2.87. The fourth-order valence-electron chi connectivity index (χ4n) is 1.95. The van der Waals surface area contributed by atoms with Crippen LogP contribution in [0.3, 0.4) is 0 Å². The highest BCUT2D eigenvalue weighted by atomic mass is 16.5. The molecule has 2 heterocycles. The van der Waals surface area contributed by atoms with Gasteiger partial charge >= 0.3 is 0 Å². The number of nitrogens with zero attached hydrogens (tertiary/aromatic N) is 2. The highest BCUT2D eigenvalue weighted by Gasteiger charge is 2.04. The van der Waals surface area contributed by atoms with Crippen molar-refractivity contribution < 1.29 is 4.52 Å². The van der Waals surface area contributed by atoms with Crippen molar-refractivity contribution in [3.05, 3.63) is 72.2 Å². The molecule has 3 rings (SSSR count). The van der Waals surface area contributed by atoms with E-state index in [-0.39, 0.29) is 0 Å². The molecule has 1 aromatic carbocycles. The van der Waals surface area contributed by atoms with Gasteiger partial charge in [0.1, 0.15) is 11.5 Å². The molecule has 3 heteroatoms. The highest BCUT2D eigenvalue weighted by molar-refractivity contribution is 5.58. The zero-order valence-electron chi connectivity index (χ0n) is 11.5. The largest absolute Gasteiger partial charge is 0.360 e. The molecule has 102 valence electrons. The average molecular weight is 274 g/mol. The molecule has 0 amide bonds. The second-order valence-corrected chi connectivity index (χ2v) is 4.57. The van der Waals surface area contributed by atoms with Crippen molar-refractivity contribution in [3.8, 4) is 23.1 Å². The smallest absolute Gasteiger partial charge is 0.149 e. The summed E-state index contributed by atoms with van der Waals surface area (Å²) < 4.78 is 5.30. The minimum Gasteiger partial charge on any atom is -0.360 e. The van der Waals surface area contributed by atoms with Gasteiger partial charge in [-0.15, -0.1) is 0 Å². The highest BCUT2D eigenvalue weighted by Crippen LogP contribution is 2.18. The Bertz CT molecular complexity index is 752. The van der Waals surface area contributed by atoms with E-state index in [9.17, 15) is 0 Å². The van der Waals surface area contributed by atoms with Crippen molar-refractivity contribution in [2.24, 2.45) is 0 Å². The SMILES string of the molecule is C(#CCc1cc(-c2ccccc2)no1)Cc1ccccn1. The van der Waals surface area contributed by atoms with Gasteiger partial charge < -0.3 is 4.52 Å². The van der Waals surface area contributed by atoms with Crippen molar-refractivity contribution in [1.82, 2.24) is 10.1 Å². The van der Waals surface area contributed by atoms with Crippen LogP contribution in [-0.2, 0) is 12.8 Å². The van der Waals surface area contributed by atoms with Gasteiger partial charge in [0.05, 0.1) is 18.5 Å². The van der Waals surface area contributed by atoms with Crippen LogP contribution in [0.25, 0.3) is 11.3 Å². The van der Waals surface area contributed by atoms with Crippen LogP contribution in [-0.4, -0.2) is 10.1 Å². The topological polar surface area (TPSA) is 38.9 Å². The van der Waals surface area contributed by atoms with Crippen LogP contribution in [0.4, 0.5) is 0 Å². The van der Waals surface area contributed by atoms with E-state index in [1.54, 1.807) is 6.20 Å².